The molecule has 0 saturated heterocycles. The molecule has 2 rings (SSSR count). The summed E-state index contributed by atoms with van der Waals surface area (Å²) in [4.78, 5) is 4.62. The predicted molar refractivity (Wildman–Crippen MR) is 84.3 cm³/mol. The molecule has 0 saturated carbocycles. The highest BCUT2D eigenvalue weighted by Crippen LogP contribution is 2.16. The fourth-order valence-corrected chi connectivity index (χ4v) is 3.01. The second kappa shape index (κ2) is 6.99. The van der Waals surface area contributed by atoms with Crippen molar-refractivity contribution in [1.29, 1.82) is 0 Å². The van der Waals surface area contributed by atoms with Crippen LogP contribution in [0.25, 0.3) is 0 Å². The van der Waals surface area contributed by atoms with Crippen LogP contribution in [0.4, 0.5) is 0 Å². The van der Waals surface area contributed by atoms with E-state index in [4.69, 9.17) is 0 Å². The number of thiazole rings is 1. The minimum absolute atomic E-state index is 0.775. The van der Waals surface area contributed by atoms with Gasteiger partial charge in [0, 0.05) is 23.2 Å². The van der Waals surface area contributed by atoms with E-state index in [1.54, 1.807) is 11.3 Å². The van der Waals surface area contributed by atoms with Crippen molar-refractivity contribution in [1.82, 2.24) is 20.1 Å². The van der Waals surface area contributed by atoms with Gasteiger partial charge in [0.05, 0.1) is 22.9 Å². The van der Waals surface area contributed by atoms with E-state index in [9.17, 15) is 0 Å². The molecule has 0 unspecified atom stereocenters. The molecule has 4 nitrogen and oxygen atoms in total. The van der Waals surface area contributed by atoms with Crippen molar-refractivity contribution in [2.24, 2.45) is 0 Å². The summed E-state index contributed by atoms with van der Waals surface area (Å²) in [5, 5.41) is 11.5. The number of rotatable bonds is 7. The van der Waals surface area contributed by atoms with Crippen LogP contribution in [-0.2, 0) is 19.5 Å². The Labute approximate surface area is 125 Å². The largest absolute Gasteiger partial charge is 0.313 e. The Hall–Kier alpha value is -1.20. The van der Waals surface area contributed by atoms with Crippen LogP contribution in [-0.4, -0.2) is 21.3 Å². The van der Waals surface area contributed by atoms with Crippen molar-refractivity contribution in [2.75, 3.05) is 6.54 Å². The van der Waals surface area contributed by atoms with Crippen LogP contribution in [0.5, 0.6) is 0 Å². The molecule has 2 heterocycles. The van der Waals surface area contributed by atoms with Gasteiger partial charge in [0.1, 0.15) is 0 Å². The summed E-state index contributed by atoms with van der Waals surface area (Å²) in [5.41, 5.74) is 4.81. The van der Waals surface area contributed by atoms with Crippen LogP contribution in [0.3, 0.4) is 0 Å². The first-order chi connectivity index (χ1) is 9.65. The molecular weight excluding hydrogens is 268 g/mol. The Morgan fingerprint density at radius 1 is 1.30 bits per heavy atom. The lowest BCUT2D eigenvalue weighted by Gasteiger charge is -2.05. The summed E-state index contributed by atoms with van der Waals surface area (Å²) >= 11 is 1.74. The number of nitrogens with one attached hydrogen (secondary N) is 1. The molecule has 0 aliphatic rings. The topological polar surface area (TPSA) is 42.7 Å². The fraction of sp³-hybridized carbons (Fsp3) is 0.600. The van der Waals surface area contributed by atoms with Gasteiger partial charge in [-0.2, -0.15) is 5.10 Å². The maximum absolute atomic E-state index is 4.66. The molecule has 0 atom stereocenters. The monoisotopic (exact) mass is 292 g/mol. The van der Waals surface area contributed by atoms with E-state index >= 15 is 0 Å². The first kappa shape index (κ1) is 15.2. The summed E-state index contributed by atoms with van der Waals surface area (Å²) in [7, 11) is 0. The van der Waals surface area contributed by atoms with Gasteiger partial charge in [0.2, 0.25) is 0 Å². The molecule has 110 valence electrons. The Morgan fingerprint density at radius 3 is 2.75 bits per heavy atom. The molecule has 0 spiro atoms. The molecule has 0 fully saturated rings. The van der Waals surface area contributed by atoms with Gasteiger partial charge in [0.15, 0.2) is 0 Å². The number of aromatic nitrogens is 3. The lowest BCUT2D eigenvalue weighted by molar-refractivity contribution is 0.642. The van der Waals surface area contributed by atoms with Crippen molar-refractivity contribution in [3.8, 4) is 0 Å². The van der Waals surface area contributed by atoms with Gasteiger partial charge in [-0.25, -0.2) is 4.98 Å². The molecule has 0 aromatic carbocycles. The lowest BCUT2D eigenvalue weighted by atomic mass is 10.2. The fourth-order valence-electron chi connectivity index (χ4n) is 2.27. The maximum atomic E-state index is 4.66. The number of aryl methyl sites for hydroxylation is 2. The molecule has 5 heteroatoms. The Kier molecular flexibility index (Phi) is 5.31. The second-order valence-corrected chi connectivity index (χ2v) is 6.01. The van der Waals surface area contributed by atoms with Crippen LogP contribution in [0.15, 0.2) is 5.38 Å². The standard InChI is InChI=1S/C15H24N4S/c1-5-7-16-8-14-11(3)18-19(12(14)4)9-13-10-20-15(6-2)17-13/h10,16H,5-9H2,1-4H3. The Morgan fingerprint density at radius 2 is 2.10 bits per heavy atom. The van der Waals surface area contributed by atoms with Gasteiger partial charge in [-0.15, -0.1) is 11.3 Å². The zero-order valence-electron chi connectivity index (χ0n) is 12.9. The van der Waals surface area contributed by atoms with E-state index in [1.807, 2.05) is 0 Å². The third-order valence-corrected chi connectivity index (χ3v) is 4.52. The summed E-state index contributed by atoms with van der Waals surface area (Å²) in [6.45, 7) is 11.3. The lowest BCUT2D eigenvalue weighted by Crippen LogP contribution is -2.15. The second-order valence-electron chi connectivity index (χ2n) is 5.07. The average Bonchev–Trinajstić information content (AvgIpc) is 2.99. The number of hydrogen-bond acceptors (Lipinski definition) is 4. The Balaban J connectivity index is 2.10. The zero-order chi connectivity index (χ0) is 14.5. The van der Waals surface area contributed by atoms with Gasteiger partial charge in [0.25, 0.3) is 0 Å². The highest BCUT2D eigenvalue weighted by molar-refractivity contribution is 7.09. The minimum atomic E-state index is 0.775. The van der Waals surface area contributed by atoms with E-state index in [0.29, 0.717) is 0 Å². The van der Waals surface area contributed by atoms with Crippen molar-refractivity contribution in [3.05, 3.63) is 33.0 Å². The first-order valence-electron chi connectivity index (χ1n) is 7.32. The molecule has 0 radical (unpaired) electrons. The van der Waals surface area contributed by atoms with Gasteiger partial charge in [-0.3, -0.25) is 4.68 Å². The summed E-state index contributed by atoms with van der Waals surface area (Å²) in [5.74, 6) is 0. The van der Waals surface area contributed by atoms with Crippen LogP contribution in [0.2, 0.25) is 0 Å². The normalized spacial score (nSPS) is 11.2. The van der Waals surface area contributed by atoms with Gasteiger partial charge in [-0.1, -0.05) is 13.8 Å². The summed E-state index contributed by atoms with van der Waals surface area (Å²) < 4.78 is 2.08. The SMILES string of the molecule is CCCNCc1c(C)nn(Cc2csc(CC)n2)c1C. The summed E-state index contributed by atoms with van der Waals surface area (Å²) in [6, 6.07) is 0. The number of hydrogen-bond donors (Lipinski definition) is 1. The van der Waals surface area contributed by atoms with Crippen LogP contribution < -0.4 is 5.32 Å². The third kappa shape index (κ3) is 3.46. The van der Waals surface area contributed by atoms with Crippen LogP contribution in [0.1, 0.15) is 47.9 Å². The molecular formula is C15H24N4S. The number of nitrogens with zero attached hydrogens (tertiary/aromatic N) is 3. The molecule has 0 amide bonds. The van der Waals surface area contributed by atoms with E-state index in [2.05, 4.69) is 53.2 Å². The smallest absolute Gasteiger partial charge is 0.0926 e. The molecule has 1 N–H and O–H groups in total. The average molecular weight is 292 g/mol. The molecule has 0 aliphatic carbocycles. The first-order valence-corrected chi connectivity index (χ1v) is 8.20. The third-order valence-electron chi connectivity index (χ3n) is 3.47. The van der Waals surface area contributed by atoms with Crippen LogP contribution >= 0.6 is 11.3 Å². The Bertz CT molecular complexity index is 556. The predicted octanol–water partition coefficient (Wildman–Crippen LogP) is 3.07. The maximum Gasteiger partial charge on any atom is 0.0926 e. The minimum Gasteiger partial charge on any atom is -0.313 e. The quantitative estimate of drug-likeness (QED) is 0.798. The molecule has 2 aromatic heterocycles. The van der Waals surface area contributed by atoms with E-state index in [0.717, 1.165) is 43.9 Å². The summed E-state index contributed by atoms with van der Waals surface area (Å²) in [6.07, 6.45) is 2.17. The van der Waals surface area contributed by atoms with E-state index in [1.165, 1.54) is 16.3 Å². The zero-order valence-corrected chi connectivity index (χ0v) is 13.7. The van der Waals surface area contributed by atoms with Gasteiger partial charge < -0.3 is 5.32 Å². The molecule has 0 bridgehead atoms. The van der Waals surface area contributed by atoms with E-state index < -0.39 is 0 Å². The van der Waals surface area contributed by atoms with Crippen molar-refractivity contribution >= 4 is 11.3 Å². The van der Waals surface area contributed by atoms with Crippen LogP contribution in [0, 0.1) is 13.8 Å². The van der Waals surface area contributed by atoms with Gasteiger partial charge in [-0.05, 0) is 33.2 Å². The van der Waals surface area contributed by atoms with Crippen molar-refractivity contribution in [2.45, 2.75) is 53.6 Å². The van der Waals surface area contributed by atoms with Crippen molar-refractivity contribution in [3.63, 3.8) is 0 Å². The van der Waals surface area contributed by atoms with Gasteiger partial charge >= 0.3 is 0 Å². The molecule has 0 aliphatic heterocycles. The van der Waals surface area contributed by atoms with Crippen molar-refractivity contribution < 1.29 is 0 Å². The highest BCUT2D eigenvalue weighted by atomic mass is 32.1. The van der Waals surface area contributed by atoms with E-state index in [-0.39, 0.29) is 0 Å². The highest BCUT2D eigenvalue weighted by Gasteiger charge is 2.12. The molecule has 2 aromatic rings. The molecule has 20 heavy (non-hydrogen) atoms.